The third-order valence-electron chi connectivity index (χ3n) is 4.26. The van der Waals surface area contributed by atoms with Crippen molar-refractivity contribution in [3.8, 4) is 0 Å². The zero-order valence-electron chi connectivity index (χ0n) is 14.6. The Kier molecular flexibility index (Phi) is 5.48. The maximum atomic E-state index is 12.9. The summed E-state index contributed by atoms with van der Waals surface area (Å²) in [5.74, 6) is 0. The second-order valence-corrected chi connectivity index (χ2v) is 5.98. The van der Waals surface area contributed by atoms with Crippen molar-refractivity contribution in [1.29, 1.82) is 0 Å². The SMILES string of the molecule is CCOCCCn1c2ccc([N+](=O)[O-])cc2c(=O)n1Cc1ccccc1. The van der Waals surface area contributed by atoms with E-state index in [4.69, 9.17) is 4.74 Å². The van der Waals surface area contributed by atoms with Crippen molar-refractivity contribution in [2.45, 2.75) is 26.4 Å². The minimum absolute atomic E-state index is 0.0760. The minimum atomic E-state index is -0.479. The number of ether oxygens (including phenoxy) is 1. The van der Waals surface area contributed by atoms with E-state index >= 15 is 0 Å². The number of fused-ring (bicyclic) bond motifs is 1. The van der Waals surface area contributed by atoms with Gasteiger partial charge in [0.1, 0.15) is 0 Å². The highest BCUT2D eigenvalue weighted by Gasteiger charge is 2.17. The van der Waals surface area contributed by atoms with Gasteiger partial charge in [-0.15, -0.1) is 0 Å². The summed E-state index contributed by atoms with van der Waals surface area (Å²) in [6.45, 7) is 4.20. The zero-order valence-corrected chi connectivity index (χ0v) is 14.6. The summed E-state index contributed by atoms with van der Waals surface area (Å²) in [6.07, 6.45) is 0.753. The highest BCUT2D eigenvalue weighted by atomic mass is 16.6. The van der Waals surface area contributed by atoms with Crippen LogP contribution in [0.4, 0.5) is 5.69 Å². The maximum Gasteiger partial charge on any atom is 0.275 e. The number of aryl methyl sites for hydroxylation is 1. The van der Waals surface area contributed by atoms with Crippen molar-refractivity contribution in [2.75, 3.05) is 13.2 Å². The number of rotatable bonds is 8. The van der Waals surface area contributed by atoms with E-state index in [1.165, 1.54) is 12.1 Å². The molecule has 0 unspecified atom stereocenters. The van der Waals surface area contributed by atoms with Crippen LogP contribution in [0.1, 0.15) is 18.9 Å². The smallest absolute Gasteiger partial charge is 0.275 e. The lowest BCUT2D eigenvalue weighted by atomic mass is 10.2. The van der Waals surface area contributed by atoms with Crippen molar-refractivity contribution in [1.82, 2.24) is 9.36 Å². The first-order valence-corrected chi connectivity index (χ1v) is 8.61. The lowest BCUT2D eigenvalue weighted by molar-refractivity contribution is -0.384. The van der Waals surface area contributed by atoms with Gasteiger partial charge in [0, 0.05) is 31.9 Å². The quantitative estimate of drug-likeness (QED) is 0.353. The summed E-state index contributed by atoms with van der Waals surface area (Å²) < 4.78 is 8.94. The van der Waals surface area contributed by atoms with Gasteiger partial charge in [0.05, 0.1) is 22.4 Å². The van der Waals surface area contributed by atoms with E-state index in [1.54, 1.807) is 10.7 Å². The molecule has 0 fully saturated rings. The van der Waals surface area contributed by atoms with Crippen molar-refractivity contribution in [2.24, 2.45) is 0 Å². The molecule has 0 saturated heterocycles. The number of nitro groups is 1. The van der Waals surface area contributed by atoms with Gasteiger partial charge in [-0.25, -0.2) is 4.68 Å². The second kappa shape index (κ2) is 7.97. The summed E-state index contributed by atoms with van der Waals surface area (Å²) in [6, 6.07) is 14.1. The molecule has 0 aliphatic carbocycles. The van der Waals surface area contributed by atoms with Crippen LogP contribution in [0.5, 0.6) is 0 Å². The van der Waals surface area contributed by atoms with Gasteiger partial charge >= 0.3 is 0 Å². The van der Waals surface area contributed by atoms with Crippen LogP contribution >= 0.6 is 0 Å². The number of nitrogens with zero attached hydrogens (tertiary/aromatic N) is 3. The number of benzene rings is 2. The number of hydrogen-bond acceptors (Lipinski definition) is 4. The second-order valence-electron chi connectivity index (χ2n) is 5.98. The molecule has 0 aliphatic rings. The first-order valence-electron chi connectivity index (χ1n) is 8.61. The minimum Gasteiger partial charge on any atom is -0.382 e. The van der Waals surface area contributed by atoms with Gasteiger partial charge in [-0.2, -0.15) is 0 Å². The molecule has 0 bridgehead atoms. The third-order valence-corrected chi connectivity index (χ3v) is 4.26. The molecule has 1 heterocycles. The molecule has 7 nitrogen and oxygen atoms in total. The van der Waals surface area contributed by atoms with E-state index in [2.05, 4.69) is 0 Å². The topological polar surface area (TPSA) is 79.3 Å². The molecular weight excluding hydrogens is 334 g/mol. The van der Waals surface area contributed by atoms with Crippen LogP contribution in [0.3, 0.4) is 0 Å². The average molecular weight is 355 g/mol. The van der Waals surface area contributed by atoms with Crippen molar-refractivity contribution in [3.63, 3.8) is 0 Å². The number of non-ortho nitro benzene ring substituents is 1. The van der Waals surface area contributed by atoms with Crippen LogP contribution in [0.25, 0.3) is 10.9 Å². The first kappa shape index (κ1) is 17.9. The lowest BCUT2D eigenvalue weighted by Gasteiger charge is -2.13. The molecule has 0 N–H and O–H groups in total. The number of aromatic nitrogens is 2. The molecule has 0 radical (unpaired) electrons. The highest BCUT2D eigenvalue weighted by molar-refractivity contribution is 5.81. The molecule has 0 atom stereocenters. The Labute approximate surface area is 150 Å². The Morgan fingerprint density at radius 1 is 1.12 bits per heavy atom. The van der Waals surface area contributed by atoms with Gasteiger partial charge in [-0.3, -0.25) is 19.6 Å². The van der Waals surface area contributed by atoms with Crippen LogP contribution in [-0.4, -0.2) is 27.5 Å². The third kappa shape index (κ3) is 3.67. The molecular formula is C19H21N3O4. The fraction of sp³-hybridized carbons (Fsp3) is 0.316. The predicted octanol–water partition coefficient (Wildman–Crippen LogP) is 3.19. The molecule has 3 aromatic rings. The van der Waals surface area contributed by atoms with Gasteiger partial charge in [0.2, 0.25) is 0 Å². The number of hydrogen-bond donors (Lipinski definition) is 0. The lowest BCUT2D eigenvalue weighted by Crippen LogP contribution is -2.24. The van der Waals surface area contributed by atoms with E-state index in [0.29, 0.717) is 37.2 Å². The molecule has 7 heteroatoms. The molecule has 1 aromatic heterocycles. The molecule has 2 aromatic carbocycles. The fourth-order valence-electron chi connectivity index (χ4n) is 3.03. The largest absolute Gasteiger partial charge is 0.382 e. The molecule has 0 aliphatic heterocycles. The molecule has 0 spiro atoms. The van der Waals surface area contributed by atoms with Gasteiger partial charge in [0.15, 0.2) is 0 Å². The Bertz CT molecular complexity index is 960. The molecule has 3 rings (SSSR count). The molecule has 0 amide bonds. The Hall–Kier alpha value is -2.93. The van der Waals surface area contributed by atoms with E-state index in [9.17, 15) is 14.9 Å². The number of nitro benzene ring substituents is 1. The van der Waals surface area contributed by atoms with E-state index in [0.717, 1.165) is 12.0 Å². The summed E-state index contributed by atoms with van der Waals surface area (Å²) in [5, 5.41) is 11.4. The first-order chi connectivity index (χ1) is 12.6. The van der Waals surface area contributed by atoms with Crippen LogP contribution in [0.2, 0.25) is 0 Å². The highest BCUT2D eigenvalue weighted by Crippen LogP contribution is 2.20. The van der Waals surface area contributed by atoms with Gasteiger partial charge in [0.25, 0.3) is 11.2 Å². The van der Waals surface area contributed by atoms with Crippen molar-refractivity contribution in [3.05, 3.63) is 74.6 Å². The van der Waals surface area contributed by atoms with Crippen LogP contribution < -0.4 is 5.56 Å². The van der Waals surface area contributed by atoms with Crippen LogP contribution in [0.15, 0.2) is 53.3 Å². The van der Waals surface area contributed by atoms with Gasteiger partial charge < -0.3 is 4.74 Å². The predicted molar refractivity (Wildman–Crippen MR) is 99.5 cm³/mol. The normalized spacial score (nSPS) is 11.1. The maximum absolute atomic E-state index is 12.9. The summed E-state index contributed by atoms with van der Waals surface area (Å²) >= 11 is 0. The molecule has 136 valence electrons. The van der Waals surface area contributed by atoms with Crippen molar-refractivity contribution < 1.29 is 9.66 Å². The summed E-state index contributed by atoms with van der Waals surface area (Å²) in [4.78, 5) is 23.5. The molecule has 0 saturated carbocycles. The fourth-order valence-corrected chi connectivity index (χ4v) is 3.03. The Morgan fingerprint density at radius 3 is 2.58 bits per heavy atom. The van der Waals surface area contributed by atoms with E-state index < -0.39 is 4.92 Å². The zero-order chi connectivity index (χ0) is 18.5. The Morgan fingerprint density at radius 2 is 1.88 bits per heavy atom. The Balaban J connectivity index is 2.05. The standard InChI is InChI=1S/C19H21N3O4/c1-2-26-12-6-11-20-18-10-9-16(22(24)25)13-17(18)19(23)21(20)14-15-7-4-3-5-8-15/h3-5,7-10,13H,2,6,11-12,14H2,1H3. The monoisotopic (exact) mass is 355 g/mol. The van der Waals surface area contributed by atoms with E-state index in [1.807, 2.05) is 41.9 Å². The summed E-state index contributed by atoms with van der Waals surface area (Å²) in [5.41, 5.74) is 1.41. The van der Waals surface area contributed by atoms with Gasteiger partial charge in [-0.1, -0.05) is 30.3 Å². The molecule has 26 heavy (non-hydrogen) atoms. The average Bonchev–Trinajstić information content (AvgIpc) is 2.91. The summed E-state index contributed by atoms with van der Waals surface area (Å²) in [7, 11) is 0. The van der Waals surface area contributed by atoms with Crippen LogP contribution in [0, 0.1) is 10.1 Å². The van der Waals surface area contributed by atoms with Crippen molar-refractivity contribution >= 4 is 16.6 Å². The van der Waals surface area contributed by atoms with Crippen LogP contribution in [-0.2, 0) is 17.8 Å². The van der Waals surface area contributed by atoms with Gasteiger partial charge in [-0.05, 0) is 25.0 Å². The van der Waals surface area contributed by atoms with E-state index in [-0.39, 0.29) is 11.2 Å².